The highest BCUT2D eigenvalue weighted by atomic mass is 79.9. The van der Waals surface area contributed by atoms with Gasteiger partial charge < -0.3 is 15.2 Å². The molecule has 0 saturated carbocycles. The molecule has 0 unspecified atom stereocenters. The first-order valence-electron chi connectivity index (χ1n) is 9.08. The Kier molecular flexibility index (Phi) is 7.99. The lowest BCUT2D eigenvalue weighted by atomic mass is 10.2. The van der Waals surface area contributed by atoms with E-state index in [1.54, 1.807) is 54.1 Å². The highest BCUT2D eigenvalue weighted by Gasteiger charge is 2.19. The van der Waals surface area contributed by atoms with Crippen LogP contribution in [0, 0.1) is 0 Å². The molecule has 0 bridgehead atoms. The molecule has 0 radical (unpaired) electrons. The summed E-state index contributed by atoms with van der Waals surface area (Å²) >= 11 is 16.5. The number of nitrogens with one attached hydrogen (secondary N) is 2. The van der Waals surface area contributed by atoms with E-state index in [1.165, 1.54) is 11.8 Å². The zero-order valence-corrected chi connectivity index (χ0v) is 20.4. The summed E-state index contributed by atoms with van der Waals surface area (Å²) in [6.07, 6.45) is 0. The highest BCUT2D eigenvalue weighted by Crippen LogP contribution is 2.26. The second-order valence-corrected chi connectivity index (χ2v) is 9.21. The number of thioether (sulfide) groups is 1. The van der Waals surface area contributed by atoms with Crippen molar-refractivity contribution in [3.8, 4) is 0 Å². The molecule has 0 aliphatic rings. The Morgan fingerprint density at radius 2 is 1.87 bits per heavy atom. The minimum Gasteiger partial charge on any atom is -0.342 e. The third kappa shape index (κ3) is 6.22. The zero-order valence-electron chi connectivity index (χ0n) is 16.5. The number of benzene rings is 2. The molecule has 7 nitrogen and oxygen atoms in total. The van der Waals surface area contributed by atoms with Crippen LogP contribution in [0.5, 0.6) is 0 Å². The van der Waals surface area contributed by atoms with Crippen molar-refractivity contribution >= 4 is 68.4 Å². The highest BCUT2D eigenvalue weighted by molar-refractivity contribution is 9.10. The van der Waals surface area contributed by atoms with Crippen LogP contribution >= 0.6 is 50.9 Å². The first kappa shape index (κ1) is 23.6. The van der Waals surface area contributed by atoms with Gasteiger partial charge in [0.25, 0.3) is 5.91 Å². The first-order valence-corrected chi connectivity index (χ1v) is 11.6. The fourth-order valence-electron chi connectivity index (χ4n) is 2.68. The fraction of sp³-hybridized carbons (Fsp3) is 0.200. The van der Waals surface area contributed by atoms with Gasteiger partial charge in [0.15, 0.2) is 11.0 Å². The predicted molar refractivity (Wildman–Crippen MR) is 127 cm³/mol. The summed E-state index contributed by atoms with van der Waals surface area (Å²) in [5.41, 5.74) is 1.11. The monoisotopic (exact) mass is 541 g/mol. The Balaban J connectivity index is 1.57. The second-order valence-electron chi connectivity index (χ2n) is 6.57. The van der Waals surface area contributed by atoms with Crippen LogP contribution in [-0.2, 0) is 11.8 Å². The molecule has 2 N–H and O–H groups in total. The van der Waals surface area contributed by atoms with Gasteiger partial charge in [-0.25, -0.2) is 0 Å². The summed E-state index contributed by atoms with van der Waals surface area (Å²) in [6.45, 7) is 1.82. The van der Waals surface area contributed by atoms with E-state index in [1.807, 2.05) is 6.92 Å². The molecule has 0 fully saturated rings. The third-order valence-electron chi connectivity index (χ3n) is 4.25. The smallest absolute Gasteiger partial charge is 0.251 e. The normalized spacial score (nSPS) is 11.8. The summed E-state index contributed by atoms with van der Waals surface area (Å²) in [7, 11) is 1.79. The Labute approximate surface area is 202 Å². The van der Waals surface area contributed by atoms with Gasteiger partial charge in [-0.15, -0.1) is 10.2 Å². The largest absolute Gasteiger partial charge is 0.342 e. The van der Waals surface area contributed by atoms with Crippen molar-refractivity contribution in [2.75, 3.05) is 11.1 Å². The van der Waals surface area contributed by atoms with Crippen LogP contribution in [-0.4, -0.2) is 32.3 Å². The minimum absolute atomic E-state index is 0.144. The molecule has 2 amide bonds. The van der Waals surface area contributed by atoms with Gasteiger partial charge >= 0.3 is 0 Å². The predicted octanol–water partition coefficient (Wildman–Crippen LogP) is 5.11. The number of carbonyl (C=O) groups excluding carboxylic acids is 2. The molecule has 11 heteroatoms. The Morgan fingerprint density at radius 1 is 1.16 bits per heavy atom. The third-order valence-corrected chi connectivity index (χ3v) is 6.75. The molecular weight excluding hydrogens is 525 g/mol. The number of halogens is 3. The van der Waals surface area contributed by atoms with E-state index in [2.05, 4.69) is 36.8 Å². The van der Waals surface area contributed by atoms with Crippen LogP contribution in [0.15, 0.2) is 52.1 Å². The van der Waals surface area contributed by atoms with E-state index in [4.69, 9.17) is 23.2 Å². The van der Waals surface area contributed by atoms with E-state index < -0.39 is 0 Å². The number of aromatic nitrogens is 3. The molecule has 162 valence electrons. The fourth-order valence-corrected chi connectivity index (χ4v) is 3.95. The van der Waals surface area contributed by atoms with Crippen LogP contribution in [0.3, 0.4) is 0 Å². The summed E-state index contributed by atoms with van der Waals surface area (Å²) in [6, 6.07) is 11.4. The molecule has 3 rings (SSSR count). The maximum absolute atomic E-state index is 12.4. The number of nitrogens with zero attached hydrogens (tertiary/aromatic N) is 3. The van der Waals surface area contributed by atoms with Gasteiger partial charge in [0.05, 0.1) is 16.8 Å². The molecular formula is C20H18BrCl2N5O2S. The zero-order chi connectivity index (χ0) is 22.5. The molecule has 0 saturated heterocycles. The molecule has 2 aromatic carbocycles. The van der Waals surface area contributed by atoms with Crippen LogP contribution < -0.4 is 10.6 Å². The molecule has 31 heavy (non-hydrogen) atoms. The van der Waals surface area contributed by atoms with E-state index >= 15 is 0 Å². The number of rotatable bonds is 7. The van der Waals surface area contributed by atoms with Crippen LogP contribution in [0.1, 0.15) is 29.1 Å². The standard InChI is InChI=1S/C20H18BrCl2N5O2S/c1-11(24-19(30)12-3-5-13(22)6-4-12)18-26-27-20(28(18)2)31-10-17(29)25-14-7-8-15(21)16(23)9-14/h3-9,11H,10H2,1-2H3,(H,24,30)(H,25,29)/t11-/m1/s1. The molecule has 1 heterocycles. The summed E-state index contributed by atoms with van der Waals surface area (Å²) in [5, 5.41) is 15.6. The Hall–Kier alpha value is -2.07. The van der Waals surface area contributed by atoms with Crippen molar-refractivity contribution in [2.24, 2.45) is 7.05 Å². The molecule has 0 spiro atoms. The van der Waals surface area contributed by atoms with Crippen LogP contribution in [0.2, 0.25) is 10.0 Å². The molecule has 0 aliphatic heterocycles. The lowest BCUT2D eigenvalue weighted by molar-refractivity contribution is -0.113. The van der Waals surface area contributed by atoms with Gasteiger partial charge in [-0.3, -0.25) is 9.59 Å². The van der Waals surface area contributed by atoms with Crippen molar-refractivity contribution in [3.63, 3.8) is 0 Å². The van der Waals surface area contributed by atoms with Crippen molar-refractivity contribution < 1.29 is 9.59 Å². The topological polar surface area (TPSA) is 88.9 Å². The Morgan fingerprint density at radius 3 is 2.55 bits per heavy atom. The van der Waals surface area contributed by atoms with Crippen LogP contribution in [0.4, 0.5) is 5.69 Å². The number of hydrogen-bond donors (Lipinski definition) is 2. The summed E-state index contributed by atoms with van der Waals surface area (Å²) in [4.78, 5) is 24.7. The van der Waals surface area contributed by atoms with Gasteiger partial charge in [0.1, 0.15) is 0 Å². The van der Waals surface area contributed by atoms with Crippen molar-refractivity contribution in [3.05, 3.63) is 68.4 Å². The molecule has 3 aromatic rings. The second kappa shape index (κ2) is 10.5. The maximum Gasteiger partial charge on any atom is 0.251 e. The first-order chi connectivity index (χ1) is 14.7. The SMILES string of the molecule is C[C@@H](NC(=O)c1ccc(Cl)cc1)c1nnc(SCC(=O)Nc2ccc(Br)c(Cl)c2)n1C. The quantitative estimate of drug-likeness (QED) is 0.405. The summed E-state index contributed by atoms with van der Waals surface area (Å²) in [5.74, 6) is 0.279. The molecule has 0 aliphatic carbocycles. The van der Waals surface area contributed by atoms with Crippen molar-refractivity contribution in [2.45, 2.75) is 18.1 Å². The average molecular weight is 543 g/mol. The van der Waals surface area contributed by atoms with Gasteiger partial charge in [-0.1, -0.05) is 35.0 Å². The summed E-state index contributed by atoms with van der Waals surface area (Å²) < 4.78 is 2.51. The Bertz CT molecular complexity index is 1110. The molecule has 1 atom stereocenters. The average Bonchev–Trinajstić information content (AvgIpc) is 3.10. The van der Waals surface area contributed by atoms with Crippen LogP contribution in [0.25, 0.3) is 0 Å². The number of amides is 2. The van der Waals surface area contributed by atoms with E-state index in [0.29, 0.717) is 32.3 Å². The van der Waals surface area contributed by atoms with Gasteiger partial charge in [-0.2, -0.15) is 0 Å². The van der Waals surface area contributed by atoms with E-state index in [0.717, 1.165) is 4.47 Å². The van der Waals surface area contributed by atoms with Crippen molar-refractivity contribution in [1.29, 1.82) is 0 Å². The minimum atomic E-state index is -0.381. The van der Waals surface area contributed by atoms with Crippen molar-refractivity contribution in [1.82, 2.24) is 20.1 Å². The number of carbonyl (C=O) groups is 2. The number of hydrogen-bond acceptors (Lipinski definition) is 5. The number of anilines is 1. The van der Waals surface area contributed by atoms with E-state index in [9.17, 15) is 9.59 Å². The van der Waals surface area contributed by atoms with Gasteiger partial charge in [0, 0.05) is 27.8 Å². The maximum atomic E-state index is 12.4. The van der Waals surface area contributed by atoms with Gasteiger partial charge in [0.2, 0.25) is 5.91 Å². The van der Waals surface area contributed by atoms with Gasteiger partial charge in [-0.05, 0) is 65.3 Å². The lowest BCUT2D eigenvalue weighted by Crippen LogP contribution is -2.28. The molecule has 1 aromatic heterocycles. The lowest BCUT2D eigenvalue weighted by Gasteiger charge is -2.13. The van der Waals surface area contributed by atoms with E-state index in [-0.39, 0.29) is 23.6 Å².